The van der Waals surface area contributed by atoms with Crippen LogP contribution in [-0.4, -0.2) is 17.6 Å². The number of methoxy groups -OCH3 is 1. The van der Waals surface area contributed by atoms with Gasteiger partial charge in [-0.2, -0.15) is 0 Å². The lowest BCUT2D eigenvalue weighted by Crippen LogP contribution is -2.20. The predicted octanol–water partition coefficient (Wildman–Crippen LogP) is 5.95. The summed E-state index contributed by atoms with van der Waals surface area (Å²) in [6.07, 6.45) is 2.80. The number of fused-ring (bicyclic) bond motifs is 1. The lowest BCUT2D eigenvalue weighted by molar-refractivity contribution is -0.138. The van der Waals surface area contributed by atoms with Crippen molar-refractivity contribution in [1.82, 2.24) is 4.57 Å². The van der Waals surface area contributed by atoms with Gasteiger partial charge in [0.2, 0.25) is 0 Å². The molecule has 4 heteroatoms. The van der Waals surface area contributed by atoms with Crippen LogP contribution >= 0.6 is 0 Å². The Kier molecular flexibility index (Phi) is 6.08. The molecule has 0 saturated heterocycles. The number of carbonyl (C=O) groups is 1. The van der Waals surface area contributed by atoms with Crippen LogP contribution in [0, 0.1) is 5.92 Å². The van der Waals surface area contributed by atoms with Gasteiger partial charge in [-0.25, -0.2) is 0 Å². The molecule has 0 saturated carbocycles. The van der Waals surface area contributed by atoms with Crippen molar-refractivity contribution in [1.29, 1.82) is 0 Å². The number of benzene rings is 3. The summed E-state index contributed by atoms with van der Waals surface area (Å²) < 4.78 is 13.2. The van der Waals surface area contributed by atoms with Crippen molar-refractivity contribution >= 4 is 16.9 Å². The van der Waals surface area contributed by atoms with Crippen molar-refractivity contribution in [2.24, 2.45) is 13.0 Å². The molecular weight excluding hydrogens is 386 g/mol. The van der Waals surface area contributed by atoms with E-state index in [1.165, 1.54) is 16.5 Å². The number of ether oxygens (including phenoxy) is 2. The first-order valence-corrected chi connectivity index (χ1v) is 10.5. The maximum Gasteiger partial charge on any atom is 0.314 e. The van der Waals surface area contributed by atoms with Gasteiger partial charge in [0.05, 0.1) is 13.0 Å². The second kappa shape index (κ2) is 9.09. The third-order valence-electron chi connectivity index (χ3n) is 5.75. The molecule has 2 atom stereocenters. The number of esters is 1. The van der Waals surface area contributed by atoms with Crippen LogP contribution in [0.3, 0.4) is 0 Å². The van der Waals surface area contributed by atoms with Crippen molar-refractivity contribution < 1.29 is 14.3 Å². The summed E-state index contributed by atoms with van der Waals surface area (Å²) in [4.78, 5) is 12.9. The summed E-state index contributed by atoms with van der Waals surface area (Å²) in [5.74, 6) is 0.902. The Morgan fingerprint density at radius 1 is 0.935 bits per heavy atom. The minimum atomic E-state index is -0.282. The minimum absolute atomic E-state index is 0.0273. The highest BCUT2D eigenvalue weighted by molar-refractivity contribution is 5.85. The molecule has 0 aliphatic heterocycles. The van der Waals surface area contributed by atoms with Crippen molar-refractivity contribution in [2.45, 2.75) is 19.3 Å². The van der Waals surface area contributed by atoms with Gasteiger partial charge < -0.3 is 14.0 Å². The molecule has 0 aliphatic rings. The van der Waals surface area contributed by atoms with Gasteiger partial charge in [-0.1, -0.05) is 55.5 Å². The van der Waals surface area contributed by atoms with E-state index in [2.05, 4.69) is 48.1 Å². The Balaban J connectivity index is 1.69. The Morgan fingerprint density at radius 2 is 1.65 bits per heavy atom. The number of rotatable bonds is 7. The largest absolute Gasteiger partial charge is 0.497 e. The molecule has 3 aromatic carbocycles. The van der Waals surface area contributed by atoms with Crippen molar-refractivity contribution in [3.63, 3.8) is 0 Å². The number of para-hydroxylation sites is 2. The molecule has 4 aromatic rings. The molecule has 4 nitrogen and oxygen atoms in total. The molecule has 0 spiro atoms. The van der Waals surface area contributed by atoms with Gasteiger partial charge in [-0.15, -0.1) is 0 Å². The minimum Gasteiger partial charge on any atom is -0.497 e. The van der Waals surface area contributed by atoms with Gasteiger partial charge in [-0.05, 0) is 47.9 Å². The quantitative estimate of drug-likeness (QED) is 0.278. The highest BCUT2D eigenvalue weighted by Gasteiger charge is 2.26. The van der Waals surface area contributed by atoms with Crippen LogP contribution in [0.5, 0.6) is 11.5 Å². The summed E-state index contributed by atoms with van der Waals surface area (Å²) in [6.45, 7) is 1.93. The predicted molar refractivity (Wildman–Crippen MR) is 124 cm³/mol. The van der Waals surface area contributed by atoms with Crippen LogP contribution in [0.25, 0.3) is 10.9 Å². The molecule has 1 heterocycles. The Hall–Kier alpha value is -3.53. The van der Waals surface area contributed by atoms with Crippen LogP contribution in [0.1, 0.15) is 30.4 Å². The number of aryl methyl sites for hydroxylation is 1. The van der Waals surface area contributed by atoms with Crippen LogP contribution < -0.4 is 9.47 Å². The van der Waals surface area contributed by atoms with E-state index in [0.717, 1.165) is 11.3 Å². The summed E-state index contributed by atoms with van der Waals surface area (Å²) in [7, 11) is 3.73. The maximum absolute atomic E-state index is 12.9. The van der Waals surface area contributed by atoms with Gasteiger partial charge in [0, 0.05) is 30.1 Å². The Labute approximate surface area is 183 Å². The molecule has 0 bridgehead atoms. The number of aromatic nitrogens is 1. The van der Waals surface area contributed by atoms with Crippen molar-refractivity contribution in [2.75, 3.05) is 7.11 Å². The molecule has 158 valence electrons. The number of nitrogens with zero attached hydrogens (tertiary/aromatic N) is 1. The summed E-state index contributed by atoms with van der Waals surface area (Å²) in [5.41, 5.74) is 3.49. The van der Waals surface area contributed by atoms with E-state index >= 15 is 0 Å². The van der Waals surface area contributed by atoms with E-state index in [9.17, 15) is 4.79 Å². The Bertz CT molecular complexity index is 1180. The van der Waals surface area contributed by atoms with E-state index in [1.54, 1.807) is 19.2 Å². The highest BCUT2D eigenvalue weighted by Crippen LogP contribution is 2.37. The molecule has 0 fully saturated rings. The van der Waals surface area contributed by atoms with E-state index < -0.39 is 0 Å². The summed E-state index contributed by atoms with van der Waals surface area (Å²) in [6, 6.07) is 25.7. The number of hydrogen-bond donors (Lipinski definition) is 0. The zero-order valence-electron chi connectivity index (χ0n) is 18.1. The average Bonchev–Trinajstić information content (AvgIpc) is 3.14. The van der Waals surface area contributed by atoms with Crippen LogP contribution in [0.15, 0.2) is 85.1 Å². The summed E-state index contributed by atoms with van der Waals surface area (Å²) >= 11 is 0. The topological polar surface area (TPSA) is 40.5 Å². The molecule has 0 amide bonds. The van der Waals surface area contributed by atoms with Gasteiger partial charge in [0.1, 0.15) is 11.5 Å². The SMILES string of the molecule is COc1cccc(C(CC(C)C(=O)Oc2ccccc2)c2cn(C)c3ccccc23)c1. The van der Waals surface area contributed by atoms with Crippen molar-refractivity contribution in [3.8, 4) is 11.5 Å². The monoisotopic (exact) mass is 413 g/mol. The molecule has 0 aliphatic carbocycles. The van der Waals surface area contributed by atoms with E-state index in [4.69, 9.17) is 9.47 Å². The fraction of sp³-hybridized carbons (Fsp3) is 0.222. The smallest absolute Gasteiger partial charge is 0.314 e. The second-order valence-corrected chi connectivity index (χ2v) is 7.91. The fourth-order valence-electron chi connectivity index (χ4n) is 4.11. The van der Waals surface area contributed by atoms with Crippen molar-refractivity contribution in [3.05, 3.63) is 96.2 Å². The molecule has 2 unspecified atom stereocenters. The lowest BCUT2D eigenvalue weighted by Gasteiger charge is -2.21. The lowest BCUT2D eigenvalue weighted by atomic mass is 9.84. The van der Waals surface area contributed by atoms with E-state index in [0.29, 0.717) is 12.2 Å². The molecule has 1 aromatic heterocycles. The third kappa shape index (κ3) is 4.48. The van der Waals surface area contributed by atoms with E-state index in [-0.39, 0.29) is 17.8 Å². The van der Waals surface area contributed by atoms with Gasteiger partial charge in [0.15, 0.2) is 0 Å². The standard InChI is InChI=1S/C27H27NO3/c1-19(27(29)31-21-11-5-4-6-12-21)16-24(20-10-9-13-22(17-20)30-3)25-18-28(2)26-15-8-7-14-23(25)26/h4-15,17-19,24H,16H2,1-3H3. The third-order valence-corrected chi connectivity index (χ3v) is 5.75. The van der Waals surface area contributed by atoms with Gasteiger partial charge in [-0.3, -0.25) is 4.79 Å². The van der Waals surface area contributed by atoms with Crippen LogP contribution in [0.4, 0.5) is 0 Å². The van der Waals surface area contributed by atoms with Gasteiger partial charge >= 0.3 is 5.97 Å². The fourth-order valence-corrected chi connectivity index (χ4v) is 4.11. The zero-order chi connectivity index (χ0) is 21.8. The first-order chi connectivity index (χ1) is 15.1. The average molecular weight is 414 g/mol. The summed E-state index contributed by atoms with van der Waals surface area (Å²) in [5, 5.41) is 1.20. The molecule has 31 heavy (non-hydrogen) atoms. The molecule has 4 rings (SSSR count). The number of hydrogen-bond acceptors (Lipinski definition) is 3. The second-order valence-electron chi connectivity index (χ2n) is 7.91. The molecule has 0 N–H and O–H groups in total. The molecule has 0 radical (unpaired) electrons. The first-order valence-electron chi connectivity index (χ1n) is 10.5. The van der Waals surface area contributed by atoms with Crippen LogP contribution in [0.2, 0.25) is 0 Å². The normalized spacial score (nSPS) is 13.0. The number of carbonyl (C=O) groups excluding carboxylic acids is 1. The molecular formula is C27H27NO3. The van der Waals surface area contributed by atoms with Gasteiger partial charge in [0.25, 0.3) is 0 Å². The maximum atomic E-state index is 12.9. The van der Waals surface area contributed by atoms with Crippen LogP contribution in [-0.2, 0) is 11.8 Å². The van der Waals surface area contributed by atoms with E-state index in [1.807, 2.05) is 43.3 Å². The highest BCUT2D eigenvalue weighted by atomic mass is 16.5. The zero-order valence-corrected chi connectivity index (χ0v) is 18.1. The Morgan fingerprint density at radius 3 is 2.42 bits per heavy atom. The first kappa shape index (κ1) is 20.7.